The van der Waals surface area contributed by atoms with Crippen molar-refractivity contribution >= 4 is 33.6 Å². The summed E-state index contributed by atoms with van der Waals surface area (Å²) in [5.74, 6) is 1.62. The minimum absolute atomic E-state index is 0.0381. The SMILES string of the molecule is CN(CC1CCCN1C(=O)c1cc(N)ncc1Br)C(=O)c1ccc(OCC2CC2)cc1. The molecule has 1 atom stereocenters. The summed E-state index contributed by atoms with van der Waals surface area (Å²) < 4.78 is 6.36. The van der Waals surface area contributed by atoms with Crippen LogP contribution in [0.25, 0.3) is 0 Å². The molecule has 164 valence electrons. The molecule has 31 heavy (non-hydrogen) atoms. The van der Waals surface area contributed by atoms with Crippen LogP contribution in [0.15, 0.2) is 41.0 Å². The Kier molecular flexibility index (Phi) is 6.46. The van der Waals surface area contributed by atoms with Crippen LogP contribution in [0, 0.1) is 5.92 Å². The predicted octanol–water partition coefficient (Wildman–Crippen LogP) is 3.59. The van der Waals surface area contributed by atoms with E-state index in [0.717, 1.165) is 25.2 Å². The Morgan fingerprint density at radius 3 is 2.71 bits per heavy atom. The monoisotopic (exact) mass is 486 g/mol. The number of nitrogens with two attached hydrogens (primary N) is 1. The minimum atomic E-state index is -0.0958. The number of aromatic nitrogens is 1. The Morgan fingerprint density at radius 1 is 1.26 bits per heavy atom. The molecule has 1 aliphatic heterocycles. The van der Waals surface area contributed by atoms with Gasteiger partial charge < -0.3 is 20.3 Å². The van der Waals surface area contributed by atoms with E-state index < -0.39 is 0 Å². The fourth-order valence-corrected chi connectivity index (χ4v) is 4.26. The zero-order valence-electron chi connectivity index (χ0n) is 17.6. The molecule has 1 aromatic heterocycles. The molecule has 4 rings (SSSR count). The third kappa shape index (κ3) is 5.18. The number of rotatable bonds is 7. The van der Waals surface area contributed by atoms with E-state index in [1.165, 1.54) is 12.8 Å². The van der Waals surface area contributed by atoms with Crippen molar-refractivity contribution < 1.29 is 14.3 Å². The van der Waals surface area contributed by atoms with Crippen LogP contribution >= 0.6 is 15.9 Å². The van der Waals surface area contributed by atoms with E-state index in [9.17, 15) is 9.59 Å². The first-order valence-corrected chi connectivity index (χ1v) is 11.4. The van der Waals surface area contributed by atoms with Crippen molar-refractivity contribution in [2.75, 3.05) is 32.5 Å². The maximum absolute atomic E-state index is 13.1. The zero-order valence-corrected chi connectivity index (χ0v) is 19.2. The molecule has 1 aromatic carbocycles. The summed E-state index contributed by atoms with van der Waals surface area (Å²) >= 11 is 3.39. The number of ether oxygens (including phenoxy) is 1. The van der Waals surface area contributed by atoms with Gasteiger partial charge in [0.15, 0.2) is 0 Å². The standard InChI is InChI=1S/C23H27BrN4O3/c1-27(22(29)16-6-8-18(9-7-16)31-14-15-4-5-15)13-17-3-2-10-28(17)23(30)19-11-21(25)26-12-20(19)24/h6-9,11-12,15,17H,2-5,10,13-14H2,1H3,(H2,25,26). The Labute approximate surface area is 190 Å². The lowest BCUT2D eigenvalue weighted by Crippen LogP contribution is -2.44. The fourth-order valence-electron chi connectivity index (χ4n) is 3.88. The summed E-state index contributed by atoms with van der Waals surface area (Å²) in [5, 5.41) is 0. The Morgan fingerprint density at radius 2 is 2.00 bits per heavy atom. The van der Waals surface area contributed by atoms with E-state index in [1.54, 1.807) is 36.3 Å². The maximum atomic E-state index is 13.1. The van der Waals surface area contributed by atoms with Gasteiger partial charge in [0.05, 0.1) is 12.2 Å². The number of likely N-dealkylation sites (N-methyl/N-ethyl adjacent to an activating group) is 1. The highest BCUT2D eigenvalue weighted by molar-refractivity contribution is 9.10. The average Bonchev–Trinajstić information content (AvgIpc) is 3.50. The third-order valence-electron chi connectivity index (χ3n) is 5.86. The minimum Gasteiger partial charge on any atom is -0.493 e. The molecule has 2 heterocycles. The molecule has 2 aromatic rings. The van der Waals surface area contributed by atoms with Gasteiger partial charge in [-0.2, -0.15) is 0 Å². The number of pyridine rings is 1. The van der Waals surface area contributed by atoms with Crippen LogP contribution in [0.5, 0.6) is 5.75 Å². The van der Waals surface area contributed by atoms with E-state index in [-0.39, 0.29) is 17.9 Å². The highest BCUT2D eigenvalue weighted by Crippen LogP contribution is 2.30. The van der Waals surface area contributed by atoms with Gasteiger partial charge in [0.25, 0.3) is 11.8 Å². The highest BCUT2D eigenvalue weighted by atomic mass is 79.9. The third-order valence-corrected chi connectivity index (χ3v) is 6.49. The van der Waals surface area contributed by atoms with Crippen LogP contribution in [0.2, 0.25) is 0 Å². The van der Waals surface area contributed by atoms with Crippen LogP contribution in [0.1, 0.15) is 46.4 Å². The molecule has 8 heteroatoms. The number of nitrogen functional groups attached to an aromatic ring is 1. The van der Waals surface area contributed by atoms with Gasteiger partial charge in [-0.1, -0.05) is 0 Å². The van der Waals surface area contributed by atoms with Crippen molar-refractivity contribution in [3.05, 3.63) is 52.1 Å². The topological polar surface area (TPSA) is 88.8 Å². The lowest BCUT2D eigenvalue weighted by molar-refractivity contribution is 0.0648. The molecular formula is C23H27BrN4O3. The van der Waals surface area contributed by atoms with Gasteiger partial charge in [-0.3, -0.25) is 9.59 Å². The van der Waals surface area contributed by atoms with Crippen molar-refractivity contribution in [1.82, 2.24) is 14.8 Å². The molecule has 1 aliphatic carbocycles. The van der Waals surface area contributed by atoms with Crippen LogP contribution in [0.4, 0.5) is 5.82 Å². The molecular weight excluding hydrogens is 460 g/mol. The summed E-state index contributed by atoms with van der Waals surface area (Å²) in [6.45, 7) is 1.88. The molecule has 2 fully saturated rings. The molecule has 2 N–H and O–H groups in total. The van der Waals surface area contributed by atoms with Crippen molar-refractivity contribution in [3.8, 4) is 5.75 Å². The molecule has 7 nitrogen and oxygen atoms in total. The van der Waals surface area contributed by atoms with Gasteiger partial charge in [-0.15, -0.1) is 0 Å². The summed E-state index contributed by atoms with van der Waals surface area (Å²) in [7, 11) is 1.78. The number of carbonyl (C=O) groups excluding carboxylic acids is 2. The summed E-state index contributed by atoms with van der Waals surface area (Å²) in [5.41, 5.74) is 6.87. The van der Waals surface area contributed by atoms with E-state index in [0.29, 0.717) is 40.4 Å². The van der Waals surface area contributed by atoms with Crippen molar-refractivity contribution in [1.29, 1.82) is 0 Å². The first-order chi connectivity index (χ1) is 14.9. The van der Waals surface area contributed by atoms with Gasteiger partial charge in [-0.05, 0) is 77.9 Å². The number of likely N-dealkylation sites (tertiary alicyclic amines) is 1. The number of hydrogen-bond acceptors (Lipinski definition) is 5. The van der Waals surface area contributed by atoms with Crippen LogP contribution in [-0.4, -0.2) is 59.4 Å². The second-order valence-electron chi connectivity index (χ2n) is 8.35. The molecule has 0 radical (unpaired) electrons. The van der Waals surface area contributed by atoms with Crippen molar-refractivity contribution in [2.45, 2.75) is 31.7 Å². The first kappa shape index (κ1) is 21.6. The number of amides is 2. The molecule has 0 spiro atoms. The summed E-state index contributed by atoms with van der Waals surface area (Å²) in [6.07, 6.45) is 5.79. The molecule has 1 unspecified atom stereocenters. The largest absolute Gasteiger partial charge is 0.493 e. The van der Waals surface area contributed by atoms with Gasteiger partial charge in [0.2, 0.25) is 0 Å². The fraction of sp³-hybridized carbons (Fsp3) is 0.435. The second-order valence-corrected chi connectivity index (χ2v) is 9.20. The lowest BCUT2D eigenvalue weighted by atomic mass is 10.1. The Bertz CT molecular complexity index is 962. The molecule has 0 bridgehead atoms. The summed E-state index contributed by atoms with van der Waals surface area (Å²) in [4.78, 5) is 33.5. The highest BCUT2D eigenvalue weighted by Gasteiger charge is 2.32. The number of nitrogens with zero attached hydrogens (tertiary/aromatic N) is 3. The van der Waals surface area contributed by atoms with Gasteiger partial charge >= 0.3 is 0 Å². The van der Waals surface area contributed by atoms with Crippen LogP contribution < -0.4 is 10.5 Å². The van der Waals surface area contributed by atoms with E-state index >= 15 is 0 Å². The number of carbonyl (C=O) groups is 2. The van der Waals surface area contributed by atoms with Crippen molar-refractivity contribution in [3.63, 3.8) is 0 Å². The quantitative estimate of drug-likeness (QED) is 0.645. The molecule has 2 aliphatic rings. The predicted molar refractivity (Wildman–Crippen MR) is 122 cm³/mol. The van der Waals surface area contributed by atoms with E-state index in [4.69, 9.17) is 10.5 Å². The normalized spacial score (nSPS) is 18.1. The number of hydrogen-bond donors (Lipinski definition) is 1. The van der Waals surface area contributed by atoms with Crippen LogP contribution in [-0.2, 0) is 0 Å². The Hall–Kier alpha value is -2.61. The number of benzene rings is 1. The number of anilines is 1. The first-order valence-electron chi connectivity index (χ1n) is 10.6. The van der Waals surface area contributed by atoms with Crippen LogP contribution in [0.3, 0.4) is 0 Å². The van der Waals surface area contributed by atoms with Gasteiger partial charge in [-0.25, -0.2) is 4.98 Å². The number of halogens is 1. The second kappa shape index (κ2) is 9.26. The lowest BCUT2D eigenvalue weighted by Gasteiger charge is -2.29. The smallest absolute Gasteiger partial charge is 0.255 e. The van der Waals surface area contributed by atoms with Gasteiger partial charge in [0.1, 0.15) is 11.6 Å². The molecule has 2 amide bonds. The molecule has 1 saturated carbocycles. The maximum Gasteiger partial charge on any atom is 0.255 e. The van der Waals surface area contributed by atoms with Gasteiger partial charge in [0, 0.05) is 42.4 Å². The summed E-state index contributed by atoms with van der Waals surface area (Å²) in [6, 6.07) is 8.85. The molecule has 1 saturated heterocycles. The Balaban J connectivity index is 1.38. The van der Waals surface area contributed by atoms with Crippen molar-refractivity contribution in [2.24, 2.45) is 5.92 Å². The van der Waals surface area contributed by atoms with E-state index in [1.807, 2.05) is 17.0 Å². The van der Waals surface area contributed by atoms with E-state index in [2.05, 4.69) is 20.9 Å². The zero-order chi connectivity index (χ0) is 22.0. The average molecular weight is 487 g/mol.